The van der Waals surface area contributed by atoms with Gasteiger partial charge in [0.05, 0.1) is 28.1 Å². The molecule has 0 atom stereocenters. The first-order chi connectivity index (χ1) is 41.2. The SMILES string of the molecule is c1ccc(-c2cc(-c3ccc(-n4c5ccccc5c5c6sc7ccccc7c6ccc54)c(-c4ccc(-c5cccc(N6c7ccccc7B7c8ccccc8N(c8ccccc8)c8cccc6c87)c5)cc4)c3)nc(-c3ccccc3)n2)cc1. The summed E-state index contributed by atoms with van der Waals surface area (Å²) in [6.45, 7) is 0.0782. The van der Waals surface area contributed by atoms with Crippen LogP contribution >= 0.6 is 11.3 Å². The zero-order chi connectivity index (χ0) is 54.5. The lowest BCUT2D eigenvalue weighted by Crippen LogP contribution is -2.61. The Labute approximate surface area is 485 Å². The van der Waals surface area contributed by atoms with Crippen LogP contribution in [0.1, 0.15) is 0 Å². The van der Waals surface area contributed by atoms with E-state index in [1.54, 1.807) is 0 Å². The number of para-hydroxylation sites is 4. The molecule has 0 bridgehead atoms. The normalized spacial score (nSPS) is 12.5. The van der Waals surface area contributed by atoms with Crippen LogP contribution in [0.25, 0.3) is 104 Å². The van der Waals surface area contributed by atoms with Crippen LogP contribution in [0.2, 0.25) is 0 Å². The molecule has 0 aliphatic carbocycles. The molecule has 0 spiro atoms. The lowest BCUT2D eigenvalue weighted by Gasteiger charge is -2.44. The molecule has 0 N–H and O–H groups in total. The van der Waals surface area contributed by atoms with Crippen molar-refractivity contribution in [2.45, 2.75) is 0 Å². The first-order valence-electron chi connectivity index (χ1n) is 28.3. The molecule has 83 heavy (non-hydrogen) atoms. The van der Waals surface area contributed by atoms with Gasteiger partial charge in [-0.15, -0.1) is 11.3 Å². The Hall–Kier alpha value is -10.6. The van der Waals surface area contributed by atoms with Gasteiger partial charge in [-0.25, -0.2) is 9.97 Å². The number of nitrogens with zero attached hydrogens (tertiary/aromatic N) is 5. The van der Waals surface area contributed by atoms with E-state index in [9.17, 15) is 0 Å². The van der Waals surface area contributed by atoms with Gasteiger partial charge in [0.1, 0.15) is 0 Å². The second kappa shape index (κ2) is 19.0. The van der Waals surface area contributed by atoms with E-state index in [2.05, 4.69) is 281 Å². The van der Waals surface area contributed by atoms with Crippen molar-refractivity contribution in [3.05, 3.63) is 291 Å². The maximum atomic E-state index is 5.33. The Kier molecular flexibility index (Phi) is 10.8. The van der Waals surface area contributed by atoms with Gasteiger partial charge in [0, 0.05) is 87.3 Å². The molecule has 0 unspecified atom stereocenters. The molecular weight excluding hydrogens is 1030 g/mol. The highest BCUT2D eigenvalue weighted by Gasteiger charge is 2.43. The largest absolute Gasteiger partial charge is 0.311 e. The van der Waals surface area contributed by atoms with Crippen LogP contribution in [0, 0.1) is 0 Å². The number of hydrogen-bond donors (Lipinski definition) is 0. The standard InChI is InChI=1S/C76H48BN5S/c1-4-20-51(21-5-1)63-48-64(79-76(78-63)52-22-6-2-7-23-52)54-42-44-66(82-65-32-14-10-29-59(65)73-69(82)45-43-58-57-28-11-17-37-72(57)83-75(58)73)60(47-54)50-40-38-49(39-41-50)53-24-18-27-56(46-53)81-68-34-16-13-31-62(68)77-61-30-12-15-33-67(61)80(55-25-8-3-9-26-55)70-35-19-36-71(81)74(70)77/h1-48H. The average molecular weight is 1070 g/mol. The number of fused-ring (bicyclic) bond motifs is 11. The summed E-state index contributed by atoms with van der Waals surface area (Å²) < 4.78 is 5.09. The lowest BCUT2D eigenvalue weighted by atomic mass is 9.33. The number of aromatic nitrogens is 3. The molecule has 2 aliphatic rings. The molecule has 7 heteroatoms. The molecule has 0 radical (unpaired) electrons. The van der Waals surface area contributed by atoms with Gasteiger partial charge in [0.25, 0.3) is 6.71 Å². The van der Waals surface area contributed by atoms with Crippen LogP contribution in [0.4, 0.5) is 34.1 Å². The molecule has 2 aliphatic heterocycles. The predicted octanol–water partition coefficient (Wildman–Crippen LogP) is 18.4. The van der Waals surface area contributed by atoms with E-state index >= 15 is 0 Å². The van der Waals surface area contributed by atoms with E-state index in [4.69, 9.17) is 9.97 Å². The molecule has 0 saturated heterocycles. The Morgan fingerprint density at radius 3 is 1.63 bits per heavy atom. The van der Waals surface area contributed by atoms with E-state index in [1.165, 1.54) is 75.6 Å². The molecule has 0 fully saturated rings. The molecule has 5 heterocycles. The summed E-state index contributed by atoms with van der Waals surface area (Å²) >= 11 is 1.89. The summed E-state index contributed by atoms with van der Waals surface area (Å²) in [5.74, 6) is 0.688. The molecule has 3 aromatic heterocycles. The van der Waals surface area contributed by atoms with Gasteiger partial charge in [-0.2, -0.15) is 0 Å². The molecule has 17 rings (SSSR count). The van der Waals surface area contributed by atoms with Crippen molar-refractivity contribution in [1.82, 2.24) is 14.5 Å². The van der Waals surface area contributed by atoms with Gasteiger partial charge < -0.3 is 14.4 Å². The minimum absolute atomic E-state index is 0.0782. The Morgan fingerprint density at radius 2 is 0.880 bits per heavy atom. The smallest absolute Gasteiger partial charge is 0.252 e. The van der Waals surface area contributed by atoms with Crippen LogP contribution in [0.15, 0.2) is 291 Å². The van der Waals surface area contributed by atoms with Crippen LogP contribution in [-0.2, 0) is 0 Å². The molecule has 0 amide bonds. The number of hydrogen-bond acceptors (Lipinski definition) is 5. The number of anilines is 6. The quantitative estimate of drug-likeness (QED) is 0.142. The topological polar surface area (TPSA) is 37.2 Å². The third-order valence-corrected chi connectivity index (χ3v) is 18.2. The van der Waals surface area contributed by atoms with Gasteiger partial charge in [0.15, 0.2) is 5.82 Å². The molecule has 12 aromatic carbocycles. The Morgan fingerprint density at radius 1 is 0.325 bits per heavy atom. The highest BCUT2D eigenvalue weighted by atomic mass is 32.1. The minimum atomic E-state index is 0.0782. The van der Waals surface area contributed by atoms with Crippen molar-refractivity contribution in [1.29, 1.82) is 0 Å². The maximum absolute atomic E-state index is 5.33. The van der Waals surface area contributed by atoms with Crippen LogP contribution < -0.4 is 26.2 Å². The van der Waals surface area contributed by atoms with E-state index in [0.717, 1.165) is 72.9 Å². The summed E-state index contributed by atoms with van der Waals surface area (Å²) in [6.07, 6.45) is 0. The average Bonchev–Trinajstić information content (AvgIpc) is 4.28. The van der Waals surface area contributed by atoms with Crippen molar-refractivity contribution >= 4 is 111 Å². The van der Waals surface area contributed by atoms with Crippen LogP contribution in [0.5, 0.6) is 0 Å². The van der Waals surface area contributed by atoms with Gasteiger partial charge in [-0.05, 0) is 118 Å². The second-order valence-electron chi connectivity index (χ2n) is 21.6. The van der Waals surface area contributed by atoms with Crippen molar-refractivity contribution in [2.75, 3.05) is 9.80 Å². The molecule has 0 saturated carbocycles. The maximum Gasteiger partial charge on any atom is 0.252 e. The Bertz CT molecular complexity index is 5000. The fourth-order valence-electron chi connectivity index (χ4n) is 13.3. The third kappa shape index (κ3) is 7.55. The third-order valence-electron chi connectivity index (χ3n) is 17.0. The Balaban J connectivity index is 0.823. The van der Waals surface area contributed by atoms with Crippen molar-refractivity contribution < 1.29 is 0 Å². The van der Waals surface area contributed by atoms with Crippen LogP contribution in [-0.4, -0.2) is 21.2 Å². The number of thiophene rings is 1. The fraction of sp³-hybridized carbons (Fsp3) is 0. The van der Waals surface area contributed by atoms with E-state index < -0.39 is 0 Å². The van der Waals surface area contributed by atoms with E-state index in [0.29, 0.717) is 5.82 Å². The summed E-state index contributed by atoms with van der Waals surface area (Å²) in [5, 5.41) is 5.11. The number of rotatable bonds is 8. The summed E-state index contributed by atoms with van der Waals surface area (Å²) in [5.41, 5.74) is 23.6. The van der Waals surface area contributed by atoms with E-state index in [1.807, 2.05) is 35.6 Å². The van der Waals surface area contributed by atoms with Gasteiger partial charge in [0.2, 0.25) is 0 Å². The van der Waals surface area contributed by atoms with Crippen molar-refractivity contribution in [3.63, 3.8) is 0 Å². The van der Waals surface area contributed by atoms with Gasteiger partial charge in [-0.3, -0.25) is 0 Å². The number of benzene rings is 12. The zero-order valence-corrected chi connectivity index (χ0v) is 45.8. The predicted molar refractivity (Wildman–Crippen MR) is 350 cm³/mol. The van der Waals surface area contributed by atoms with Crippen molar-refractivity contribution in [2.24, 2.45) is 0 Å². The minimum Gasteiger partial charge on any atom is -0.311 e. The zero-order valence-electron chi connectivity index (χ0n) is 44.9. The fourth-order valence-corrected chi connectivity index (χ4v) is 14.6. The highest BCUT2D eigenvalue weighted by molar-refractivity contribution is 7.26. The van der Waals surface area contributed by atoms with Crippen molar-refractivity contribution in [3.8, 4) is 61.8 Å². The second-order valence-corrected chi connectivity index (χ2v) is 22.7. The lowest BCUT2D eigenvalue weighted by molar-refractivity contribution is 1.17. The summed E-state index contributed by atoms with van der Waals surface area (Å²) in [7, 11) is 0. The summed E-state index contributed by atoms with van der Waals surface area (Å²) in [4.78, 5) is 15.4. The van der Waals surface area contributed by atoms with E-state index in [-0.39, 0.29) is 6.71 Å². The first-order valence-corrected chi connectivity index (χ1v) is 29.2. The van der Waals surface area contributed by atoms with Gasteiger partial charge >= 0.3 is 0 Å². The highest BCUT2D eigenvalue weighted by Crippen LogP contribution is 2.47. The molecule has 15 aromatic rings. The molecule has 386 valence electrons. The monoisotopic (exact) mass is 1070 g/mol. The van der Waals surface area contributed by atoms with Crippen LogP contribution in [0.3, 0.4) is 0 Å². The summed E-state index contributed by atoms with van der Waals surface area (Å²) in [6, 6.07) is 106. The molecule has 5 nitrogen and oxygen atoms in total. The first kappa shape index (κ1) is 47.2. The molecular formula is C76H48BN5S. The van der Waals surface area contributed by atoms with Gasteiger partial charge in [-0.1, -0.05) is 206 Å².